The van der Waals surface area contributed by atoms with Gasteiger partial charge in [0.15, 0.2) is 0 Å². The summed E-state index contributed by atoms with van der Waals surface area (Å²) in [6, 6.07) is 10.5. The van der Waals surface area contributed by atoms with Crippen LogP contribution < -0.4 is 9.59 Å². The molecule has 102 valence electrons. The van der Waals surface area contributed by atoms with E-state index in [2.05, 4.69) is 45.4 Å². The number of unbranched alkanes of at least 4 members (excludes halogenated alkanes) is 2. The van der Waals surface area contributed by atoms with E-state index in [-0.39, 0.29) is 6.42 Å². The summed E-state index contributed by atoms with van der Waals surface area (Å²) in [6.07, 6.45) is 3.04. The summed E-state index contributed by atoms with van der Waals surface area (Å²) in [7, 11) is 6.49. The van der Waals surface area contributed by atoms with Crippen molar-refractivity contribution in [2.24, 2.45) is 0 Å². The number of carbonyl (C=O) groups excluding carboxylic acids is 1. The summed E-state index contributed by atoms with van der Waals surface area (Å²) in [5, 5.41) is 9.76. The van der Waals surface area contributed by atoms with Crippen molar-refractivity contribution in [2.45, 2.75) is 32.6 Å². The molecule has 0 saturated heterocycles. The van der Waals surface area contributed by atoms with Gasteiger partial charge in [0.25, 0.3) is 0 Å². The number of quaternary nitrogens is 1. The smallest absolute Gasteiger partial charge is 0.132 e. The van der Waals surface area contributed by atoms with E-state index in [1.807, 2.05) is 13.0 Å². The number of carboxylic acids is 1. The first kappa shape index (κ1) is 16.6. The molecule has 0 radical (unpaired) electrons. The second kappa shape index (κ2) is 8.70. The van der Waals surface area contributed by atoms with E-state index < -0.39 is 5.97 Å². The molecule has 0 amide bonds. The SMILES string of the molecule is CCCCCC(=O)[O-].C[N+](C)(C)c1ccccc1. The molecule has 0 N–H and O–H groups in total. The van der Waals surface area contributed by atoms with Gasteiger partial charge in [-0.15, -0.1) is 0 Å². The number of carbonyl (C=O) groups is 1. The van der Waals surface area contributed by atoms with Crippen LogP contribution in [0.2, 0.25) is 0 Å². The lowest BCUT2D eigenvalue weighted by Gasteiger charge is -2.22. The highest BCUT2D eigenvalue weighted by Crippen LogP contribution is 2.14. The van der Waals surface area contributed by atoms with Crippen LogP contribution in [-0.2, 0) is 4.79 Å². The lowest BCUT2D eigenvalue weighted by Crippen LogP contribution is -2.34. The molecule has 0 bridgehead atoms. The zero-order valence-electron chi connectivity index (χ0n) is 12.0. The first-order valence-corrected chi connectivity index (χ1v) is 6.44. The van der Waals surface area contributed by atoms with E-state index >= 15 is 0 Å². The minimum atomic E-state index is -0.932. The summed E-state index contributed by atoms with van der Waals surface area (Å²) in [5.74, 6) is -0.932. The molecule has 0 saturated carbocycles. The molecule has 0 aliphatic heterocycles. The Bertz CT molecular complexity index is 328. The average Bonchev–Trinajstić information content (AvgIpc) is 2.30. The maximum atomic E-state index is 9.76. The molecule has 1 aromatic carbocycles. The third-order valence-electron chi connectivity index (χ3n) is 2.52. The van der Waals surface area contributed by atoms with E-state index in [0.29, 0.717) is 0 Å². The van der Waals surface area contributed by atoms with Crippen LogP contribution in [0, 0.1) is 0 Å². The Morgan fingerprint density at radius 1 is 1.11 bits per heavy atom. The Hall–Kier alpha value is -1.35. The Balaban J connectivity index is 0.000000331. The first-order valence-electron chi connectivity index (χ1n) is 6.44. The van der Waals surface area contributed by atoms with E-state index in [1.54, 1.807) is 0 Å². The van der Waals surface area contributed by atoms with Crippen LogP contribution in [0.4, 0.5) is 5.69 Å². The highest BCUT2D eigenvalue weighted by atomic mass is 16.4. The first-order chi connectivity index (χ1) is 8.38. The maximum Gasteiger partial charge on any atom is 0.132 e. The van der Waals surface area contributed by atoms with Gasteiger partial charge in [-0.05, 0) is 25.0 Å². The van der Waals surface area contributed by atoms with Gasteiger partial charge >= 0.3 is 0 Å². The summed E-state index contributed by atoms with van der Waals surface area (Å²) in [4.78, 5) is 9.76. The molecule has 0 aromatic heterocycles. The van der Waals surface area contributed by atoms with Gasteiger partial charge < -0.3 is 9.90 Å². The fourth-order valence-electron chi connectivity index (χ4n) is 1.39. The zero-order chi connectivity index (χ0) is 14.0. The van der Waals surface area contributed by atoms with E-state index in [0.717, 1.165) is 23.7 Å². The van der Waals surface area contributed by atoms with Gasteiger partial charge in [0.2, 0.25) is 0 Å². The Morgan fingerprint density at radius 2 is 1.67 bits per heavy atom. The molecule has 0 aliphatic rings. The maximum absolute atomic E-state index is 9.76. The molecule has 0 atom stereocenters. The minimum Gasteiger partial charge on any atom is -0.550 e. The number of nitrogens with zero attached hydrogens (tertiary/aromatic N) is 1. The van der Waals surface area contributed by atoms with Crippen molar-refractivity contribution >= 4 is 11.7 Å². The molecule has 18 heavy (non-hydrogen) atoms. The highest BCUT2D eigenvalue weighted by molar-refractivity contribution is 5.64. The van der Waals surface area contributed by atoms with Crippen molar-refractivity contribution < 1.29 is 9.90 Å². The van der Waals surface area contributed by atoms with Crippen molar-refractivity contribution in [1.82, 2.24) is 4.48 Å². The Labute approximate surface area is 111 Å². The van der Waals surface area contributed by atoms with Crippen LogP contribution in [0.3, 0.4) is 0 Å². The zero-order valence-corrected chi connectivity index (χ0v) is 12.0. The molecule has 0 unspecified atom stereocenters. The lowest BCUT2D eigenvalue weighted by atomic mass is 10.2. The standard InChI is InChI=1S/C9H14N.C6H12O2/c1-10(2,3)9-7-5-4-6-8-9;1-2-3-4-5-6(7)8/h4-8H,1-3H3;2-5H2,1H3,(H,7,8)/q+1;/p-1. The number of benzene rings is 1. The lowest BCUT2D eigenvalue weighted by molar-refractivity contribution is -0.305. The fraction of sp³-hybridized carbons (Fsp3) is 0.533. The number of rotatable bonds is 5. The van der Waals surface area contributed by atoms with Gasteiger partial charge in [0, 0.05) is 5.97 Å². The Morgan fingerprint density at radius 3 is 2.00 bits per heavy atom. The predicted octanol–water partition coefficient (Wildman–Crippen LogP) is 2.20. The van der Waals surface area contributed by atoms with Gasteiger partial charge in [-0.3, -0.25) is 4.48 Å². The summed E-state index contributed by atoms with van der Waals surface area (Å²) in [6.45, 7) is 2.04. The molecule has 1 aromatic rings. The van der Waals surface area contributed by atoms with Gasteiger partial charge in [-0.25, -0.2) is 0 Å². The third-order valence-corrected chi connectivity index (χ3v) is 2.52. The topological polar surface area (TPSA) is 40.1 Å². The Kier molecular flexibility index (Phi) is 8.05. The number of hydrogen-bond acceptors (Lipinski definition) is 2. The second-order valence-corrected chi connectivity index (χ2v) is 5.18. The van der Waals surface area contributed by atoms with Crippen molar-refractivity contribution in [1.29, 1.82) is 0 Å². The summed E-state index contributed by atoms with van der Waals surface area (Å²) in [5.41, 5.74) is 1.34. The van der Waals surface area contributed by atoms with Crippen molar-refractivity contribution in [2.75, 3.05) is 21.1 Å². The number of carboxylic acid groups (broad SMARTS) is 1. The van der Waals surface area contributed by atoms with Crippen LogP contribution >= 0.6 is 0 Å². The van der Waals surface area contributed by atoms with Crippen LogP contribution in [0.1, 0.15) is 32.6 Å². The second-order valence-electron chi connectivity index (χ2n) is 5.18. The number of para-hydroxylation sites is 1. The molecular formula is C15H25NO2. The molecule has 3 heteroatoms. The largest absolute Gasteiger partial charge is 0.550 e. The molecule has 0 aliphatic carbocycles. The predicted molar refractivity (Wildman–Crippen MR) is 75.2 cm³/mol. The van der Waals surface area contributed by atoms with Gasteiger partial charge in [0.05, 0.1) is 21.1 Å². The molecule has 1 rings (SSSR count). The van der Waals surface area contributed by atoms with E-state index in [4.69, 9.17) is 0 Å². The molecular weight excluding hydrogens is 226 g/mol. The van der Waals surface area contributed by atoms with E-state index in [9.17, 15) is 9.90 Å². The van der Waals surface area contributed by atoms with E-state index in [1.165, 1.54) is 5.69 Å². The fourth-order valence-corrected chi connectivity index (χ4v) is 1.39. The van der Waals surface area contributed by atoms with Crippen molar-refractivity contribution in [3.63, 3.8) is 0 Å². The van der Waals surface area contributed by atoms with Crippen LogP contribution in [-0.4, -0.2) is 27.1 Å². The highest BCUT2D eigenvalue weighted by Gasteiger charge is 2.08. The summed E-state index contributed by atoms with van der Waals surface area (Å²) < 4.78 is 0.890. The third kappa shape index (κ3) is 8.76. The average molecular weight is 251 g/mol. The molecule has 0 spiro atoms. The van der Waals surface area contributed by atoms with Crippen LogP contribution in [0.5, 0.6) is 0 Å². The van der Waals surface area contributed by atoms with Crippen LogP contribution in [0.15, 0.2) is 30.3 Å². The molecule has 0 fully saturated rings. The molecule has 3 nitrogen and oxygen atoms in total. The van der Waals surface area contributed by atoms with Crippen molar-refractivity contribution in [3.05, 3.63) is 30.3 Å². The normalized spacial score (nSPS) is 10.4. The summed E-state index contributed by atoms with van der Waals surface area (Å²) >= 11 is 0. The number of aliphatic carboxylic acids is 1. The van der Waals surface area contributed by atoms with Gasteiger partial charge in [-0.1, -0.05) is 38.0 Å². The van der Waals surface area contributed by atoms with Gasteiger partial charge in [0.1, 0.15) is 5.69 Å². The monoisotopic (exact) mass is 251 g/mol. The quantitative estimate of drug-likeness (QED) is 0.594. The van der Waals surface area contributed by atoms with Gasteiger partial charge in [-0.2, -0.15) is 0 Å². The number of hydrogen-bond donors (Lipinski definition) is 0. The minimum absolute atomic E-state index is 0.216. The van der Waals surface area contributed by atoms with Crippen molar-refractivity contribution in [3.8, 4) is 0 Å². The molecule has 0 heterocycles. The van der Waals surface area contributed by atoms with Crippen LogP contribution in [0.25, 0.3) is 0 Å².